The topological polar surface area (TPSA) is 32.5 Å². The number of benzene rings is 1. The molecule has 1 heterocycles. The molecule has 4 heteroatoms. The molecule has 3 nitrogen and oxygen atoms in total. The van der Waals surface area contributed by atoms with Crippen molar-refractivity contribution in [2.45, 2.75) is 25.4 Å². The molecule has 0 aromatic heterocycles. The normalized spacial score (nSPS) is 16.8. The molecule has 1 aliphatic heterocycles. The van der Waals surface area contributed by atoms with E-state index in [9.17, 15) is 4.39 Å². The maximum atomic E-state index is 14.1. The van der Waals surface area contributed by atoms with Crippen molar-refractivity contribution in [2.24, 2.45) is 5.73 Å². The average Bonchev–Trinajstić information content (AvgIpc) is 2.48. The first kappa shape index (κ1) is 16.0. The standard InChI is InChI=1S/C17H24FN3/c1-20(2)16-7-10-21(11-8-16)13-15-6-5-14(4-3-9-19)12-17(15)18/h5-6,12,16H,7-11,13,19H2,1-2H3. The summed E-state index contributed by atoms with van der Waals surface area (Å²) in [5, 5.41) is 0. The van der Waals surface area contributed by atoms with E-state index in [-0.39, 0.29) is 5.82 Å². The van der Waals surface area contributed by atoms with Crippen molar-refractivity contribution in [3.05, 3.63) is 35.1 Å². The van der Waals surface area contributed by atoms with Gasteiger partial charge in [-0.2, -0.15) is 0 Å². The Morgan fingerprint density at radius 1 is 1.33 bits per heavy atom. The highest BCUT2D eigenvalue weighted by molar-refractivity contribution is 5.37. The maximum absolute atomic E-state index is 14.1. The maximum Gasteiger partial charge on any atom is 0.128 e. The Balaban J connectivity index is 1.95. The summed E-state index contributed by atoms with van der Waals surface area (Å²) >= 11 is 0. The molecule has 114 valence electrons. The Hall–Kier alpha value is -1.41. The number of likely N-dealkylation sites (tertiary alicyclic amines) is 1. The molecule has 0 atom stereocenters. The minimum atomic E-state index is -0.173. The Morgan fingerprint density at radius 3 is 2.62 bits per heavy atom. The van der Waals surface area contributed by atoms with Crippen molar-refractivity contribution in [2.75, 3.05) is 33.7 Å². The number of nitrogens with zero attached hydrogens (tertiary/aromatic N) is 2. The lowest BCUT2D eigenvalue weighted by molar-refractivity contribution is 0.139. The fraction of sp³-hybridized carbons (Fsp3) is 0.529. The Labute approximate surface area is 126 Å². The summed E-state index contributed by atoms with van der Waals surface area (Å²) < 4.78 is 14.1. The first-order valence-electron chi connectivity index (χ1n) is 7.46. The highest BCUT2D eigenvalue weighted by atomic mass is 19.1. The molecule has 0 spiro atoms. The summed E-state index contributed by atoms with van der Waals surface area (Å²) in [5.41, 5.74) is 6.76. The predicted molar refractivity (Wildman–Crippen MR) is 84.3 cm³/mol. The van der Waals surface area contributed by atoms with Gasteiger partial charge in [0.1, 0.15) is 5.82 Å². The average molecular weight is 289 g/mol. The van der Waals surface area contributed by atoms with Gasteiger partial charge in [0, 0.05) is 23.7 Å². The van der Waals surface area contributed by atoms with Gasteiger partial charge < -0.3 is 10.6 Å². The smallest absolute Gasteiger partial charge is 0.128 e. The van der Waals surface area contributed by atoms with Gasteiger partial charge in [0.2, 0.25) is 0 Å². The number of rotatable bonds is 3. The van der Waals surface area contributed by atoms with Crippen LogP contribution in [0.1, 0.15) is 24.0 Å². The van der Waals surface area contributed by atoms with Crippen molar-refractivity contribution >= 4 is 0 Å². The molecule has 2 rings (SSSR count). The predicted octanol–water partition coefficient (Wildman–Crippen LogP) is 1.66. The Morgan fingerprint density at radius 2 is 2.05 bits per heavy atom. The fourth-order valence-electron chi connectivity index (χ4n) is 2.74. The van der Waals surface area contributed by atoms with Crippen LogP contribution in [0.3, 0.4) is 0 Å². The molecular weight excluding hydrogens is 265 g/mol. The van der Waals surface area contributed by atoms with Crippen LogP contribution in [0, 0.1) is 17.7 Å². The molecule has 1 aromatic carbocycles. The number of nitrogens with two attached hydrogens (primary N) is 1. The van der Waals surface area contributed by atoms with Crippen molar-refractivity contribution in [1.29, 1.82) is 0 Å². The van der Waals surface area contributed by atoms with Gasteiger partial charge in [-0.25, -0.2) is 4.39 Å². The van der Waals surface area contributed by atoms with E-state index in [1.165, 1.54) is 6.07 Å². The van der Waals surface area contributed by atoms with Crippen molar-refractivity contribution < 1.29 is 4.39 Å². The van der Waals surface area contributed by atoms with E-state index in [2.05, 4.69) is 35.7 Å². The second kappa shape index (κ2) is 7.56. The highest BCUT2D eigenvalue weighted by Gasteiger charge is 2.21. The van der Waals surface area contributed by atoms with E-state index >= 15 is 0 Å². The van der Waals surface area contributed by atoms with Crippen LogP contribution in [0.5, 0.6) is 0 Å². The molecule has 21 heavy (non-hydrogen) atoms. The summed E-state index contributed by atoms with van der Waals surface area (Å²) in [6, 6.07) is 5.87. The van der Waals surface area contributed by atoms with E-state index in [0.29, 0.717) is 24.7 Å². The van der Waals surface area contributed by atoms with E-state index in [1.807, 2.05) is 12.1 Å². The van der Waals surface area contributed by atoms with Gasteiger partial charge >= 0.3 is 0 Å². The van der Waals surface area contributed by atoms with Crippen LogP contribution < -0.4 is 5.73 Å². The minimum Gasteiger partial charge on any atom is -0.320 e. The molecule has 1 aliphatic rings. The third-order valence-corrected chi connectivity index (χ3v) is 4.07. The number of hydrogen-bond acceptors (Lipinski definition) is 3. The zero-order chi connectivity index (χ0) is 15.2. The molecule has 2 N–H and O–H groups in total. The zero-order valence-corrected chi connectivity index (χ0v) is 12.9. The molecule has 0 radical (unpaired) electrons. The van der Waals surface area contributed by atoms with Gasteiger partial charge in [-0.15, -0.1) is 0 Å². The van der Waals surface area contributed by atoms with Crippen LogP contribution in [0.2, 0.25) is 0 Å². The number of piperidine rings is 1. The number of hydrogen-bond donors (Lipinski definition) is 1. The summed E-state index contributed by atoms with van der Waals surface area (Å²) in [5.74, 6) is 5.43. The quantitative estimate of drug-likeness (QED) is 0.859. The molecule has 0 amide bonds. The first-order chi connectivity index (χ1) is 10.1. The van der Waals surface area contributed by atoms with Crippen molar-refractivity contribution in [1.82, 2.24) is 9.80 Å². The van der Waals surface area contributed by atoms with Crippen LogP contribution in [0.4, 0.5) is 4.39 Å². The lowest BCUT2D eigenvalue weighted by atomic mass is 10.0. The van der Waals surface area contributed by atoms with Crippen LogP contribution in [-0.4, -0.2) is 49.6 Å². The summed E-state index contributed by atoms with van der Waals surface area (Å²) in [6.07, 6.45) is 2.29. The van der Waals surface area contributed by atoms with Crippen LogP contribution >= 0.6 is 0 Å². The van der Waals surface area contributed by atoms with Gasteiger partial charge in [0.25, 0.3) is 0 Å². The largest absolute Gasteiger partial charge is 0.320 e. The van der Waals surface area contributed by atoms with E-state index < -0.39 is 0 Å². The molecule has 1 saturated heterocycles. The highest BCUT2D eigenvalue weighted by Crippen LogP contribution is 2.18. The molecular formula is C17H24FN3. The van der Waals surface area contributed by atoms with Crippen LogP contribution in [0.15, 0.2) is 18.2 Å². The second-order valence-corrected chi connectivity index (χ2v) is 5.78. The Bertz CT molecular complexity index is 523. The minimum absolute atomic E-state index is 0.173. The molecule has 0 aliphatic carbocycles. The van der Waals surface area contributed by atoms with Gasteiger partial charge in [0.15, 0.2) is 0 Å². The molecule has 0 bridgehead atoms. The van der Waals surface area contributed by atoms with Crippen molar-refractivity contribution in [3.8, 4) is 11.8 Å². The molecule has 1 fully saturated rings. The summed E-state index contributed by atoms with van der Waals surface area (Å²) in [4.78, 5) is 4.60. The second-order valence-electron chi connectivity index (χ2n) is 5.78. The molecule has 0 saturated carbocycles. The van der Waals surface area contributed by atoms with Gasteiger partial charge in [0.05, 0.1) is 6.54 Å². The van der Waals surface area contributed by atoms with E-state index in [1.54, 1.807) is 0 Å². The van der Waals surface area contributed by atoms with Crippen LogP contribution in [-0.2, 0) is 6.54 Å². The molecule has 1 aromatic rings. The monoisotopic (exact) mass is 289 g/mol. The Kier molecular flexibility index (Phi) is 5.75. The first-order valence-corrected chi connectivity index (χ1v) is 7.46. The zero-order valence-electron chi connectivity index (χ0n) is 12.9. The third-order valence-electron chi connectivity index (χ3n) is 4.07. The lowest BCUT2D eigenvalue weighted by Crippen LogP contribution is -2.41. The summed E-state index contributed by atoms with van der Waals surface area (Å²) in [7, 11) is 4.25. The summed E-state index contributed by atoms with van der Waals surface area (Å²) in [6.45, 7) is 3.02. The molecule has 0 unspecified atom stereocenters. The van der Waals surface area contributed by atoms with E-state index in [0.717, 1.165) is 31.5 Å². The van der Waals surface area contributed by atoms with Gasteiger partial charge in [-0.05, 0) is 52.2 Å². The van der Waals surface area contributed by atoms with Gasteiger partial charge in [-0.3, -0.25) is 4.90 Å². The van der Waals surface area contributed by atoms with Crippen molar-refractivity contribution in [3.63, 3.8) is 0 Å². The SMILES string of the molecule is CN(C)C1CCN(Cc2ccc(C#CCN)cc2F)CC1. The number of halogens is 1. The lowest BCUT2D eigenvalue weighted by Gasteiger charge is -2.35. The fourth-order valence-corrected chi connectivity index (χ4v) is 2.74. The third kappa shape index (κ3) is 4.53. The van der Waals surface area contributed by atoms with Crippen LogP contribution in [0.25, 0.3) is 0 Å². The van der Waals surface area contributed by atoms with Gasteiger partial charge in [-0.1, -0.05) is 17.9 Å². The van der Waals surface area contributed by atoms with E-state index in [4.69, 9.17) is 5.73 Å².